The van der Waals surface area contributed by atoms with Crippen LogP contribution in [0.5, 0.6) is 0 Å². The van der Waals surface area contributed by atoms with E-state index in [-0.39, 0.29) is 11.9 Å². The summed E-state index contributed by atoms with van der Waals surface area (Å²) in [4.78, 5) is 27.5. The lowest BCUT2D eigenvalue weighted by molar-refractivity contribution is -0.143. The molecular weight excluding hydrogens is 246 g/mol. The van der Waals surface area contributed by atoms with Crippen LogP contribution in [0, 0.1) is 5.92 Å². The van der Waals surface area contributed by atoms with Crippen LogP contribution < -0.4 is 5.32 Å². The number of nitrogens with one attached hydrogen (secondary N) is 1. The topological polar surface area (TPSA) is 61.9 Å². The maximum absolute atomic E-state index is 12.3. The minimum atomic E-state index is -0.210. The summed E-state index contributed by atoms with van der Waals surface area (Å²) in [6.45, 7) is 5.17. The van der Waals surface area contributed by atoms with Gasteiger partial charge in [-0.05, 0) is 25.9 Å². The molecule has 2 rings (SSSR count). The van der Waals surface area contributed by atoms with Crippen molar-refractivity contribution in [3.8, 4) is 0 Å². The van der Waals surface area contributed by atoms with E-state index in [9.17, 15) is 9.59 Å². The minimum absolute atomic E-state index is 0.188. The highest BCUT2D eigenvalue weighted by Crippen LogP contribution is 2.16. The SMILES string of the molecule is COC(=O)CN1CCN(C(=O)C2CCNCC2)CC1. The van der Waals surface area contributed by atoms with Gasteiger partial charge in [0.1, 0.15) is 0 Å². The lowest BCUT2D eigenvalue weighted by atomic mass is 9.96. The van der Waals surface area contributed by atoms with Gasteiger partial charge in [-0.15, -0.1) is 0 Å². The van der Waals surface area contributed by atoms with Gasteiger partial charge < -0.3 is 15.0 Å². The number of hydrogen-bond acceptors (Lipinski definition) is 5. The number of rotatable bonds is 3. The highest BCUT2D eigenvalue weighted by molar-refractivity contribution is 5.79. The van der Waals surface area contributed by atoms with Gasteiger partial charge in [-0.25, -0.2) is 0 Å². The molecule has 0 atom stereocenters. The van der Waals surface area contributed by atoms with Crippen molar-refractivity contribution in [3.05, 3.63) is 0 Å². The van der Waals surface area contributed by atoms with Crippen LogP contribution in [0.1, 0.15) is 12.8 Å². The van der Waals surface area contributed by atoms with Gasteiger partial charge in [-0.2, -0.15) is 0 Å². The third kappa shape index (κ3) is 3.91. The van der Waals surface area contributed by atoms with Crippen LogP contribution >= 0.6 is 0 Å². The Morgan fingerprint density at radius 3 is 2.37 bits per heavy atom. The predicted octanol–water partition coefficient (Wildman–Crippen LogP) is -0.697. The molecule has 1 amide bonds. The van der Waals surface area contributed by atoms with Gasteiger partial charge in [0.05, 0.1) is 13.7 Å². The maximum atomic E-state index is 12.3. The zero-order chi connectivity index (χ0) is 13.7. The van der Waals surface area contributed by atoms with Gasteiger partial charge in [-0.1, -0.05) is 0 Å². The largest absolute Gasteiger partial charge is 0.468 e. The zero-order valence-electron chi connectivity index (χ0n) is 11.6. The molecule has 2 heterocycles. The number of piperidine rings is 1. The molecule has 6 nitrogen and oxygen atoms in total. The summed E-state index contributed by atoms with van der Waals surface area (Å²) in [6, 6.07) is 0. The normalized spacial score (nSPS) is 22.3. The van der Waals surface area contributed by atoms with Gasteiger partial charge in [0, 0.05) is 32.1 Å². The Labute approximate surface area is 114 Å². The highest BCUT2D eigenvalue weighted by Gasteiger charge is 2.28. The molecule has 2 aliphatic heterocycles. The Hall–Kier alpha value is -1.14. The van der Waals surface area contributed by atoms with Crippen molar-refractivity contribution in [1.82, 2.24) is 15.1 Å². The van der Waals surface area contributed by atoms with Crippen LogP contribution in [0.3, 0.4) is 0 Å². The third-order valence-corrected chi connectivity index (χ3v) is 3.95. The van der Waals surface area contributed by atoms with E-state index in [2.05, 4.69) is 10.1 Å². The number of amides is 1. The molecule has 0 unspecified atom stereocenters. The van der Waals surface area contributed by atoms with Crippen molar-refractivity contribution in [2.75, 3.05) is 52.9 Å². The van der Waals surface area contributed by atoms with E-state index in [0.29, 0.717) is 12.5 Å². The number of carbonyl (C=O) groups is 2. The lowest BCUT2D eigenvalue weighted by Crippen LogP contribution is -2.52. The van der Waals surface area contributed by atoms with Gasteiger partial charge in [0.2, 0.25) is 5.91 Å². The van der Waals surface area contributed by atoms with Gasteiger partial charge in [0.25, 0.3) is 0 Å². The fourth-order valence-electron chi connectivity index (χ4n) is 2.70. The van der Waals surface area contributed by atoms with Crippen LogP contribution in [0.2, 0.25) is 0 Å². The maximum Gasteiger partial charge on any atom is 0.319 e. The first-order valence-electron chi connectivity index (χ1n) is 6.99. The zero-order valence-corrected chi connectivity index (χ0v) is 11.6. The summed E-state index contributed by atoms with van der Waals surface area (Å²) in [5.74, 6) is 0.269. The van der Waals surface area contributed by atoms with Crippen LogP contribution in [0.4, 0.5) is 0 Å². The number of carbonyl (C=O) groups excluding carboxylic acids is 2. The van der Waals surface area contributed by atoms with E-state index in [1.54, 1.807) is 0 Å². The van der Waals surface area contributed by atoms with E-state index in [1.807, 2.05) is 9.80 Å². The number of hydrogen-bond donors (Lipinski definition) is 1. The van der Waals surface area contributed by atoms with Crippen molar-refractivity contribution in [1.29, 1.82) is 0 Å². The summed E-state index contributed by atoms with van der Waals surface area (Å²) in [5.41, 5.74) is 0. The van der Waals surface area contributed by atoms with Crippen LogP contribution in [-0.4, -0.2) is 74.6 Å². The Balaban J connectivity index is 1.76. The molecule has 19 heavy (non-hydrogen) atoms. The van der Waals surface area contributed by atoms with E-state index in [1.165, 1.54) is 7.11 Å². The molecule has 1 N–H and O–H groups in total. The third-order valence-electron chi connectivity index (χ3n) is 3.95. The smallest absolute Gasteiger partial charge is 0.319 e. The fraction of sp³-hybridized carbons (Fsp3) is 0.846. The second-order valence-electron chi connectivity index (χ2n) is 5.20. The first-order chi connectivity index (χ1) is 9.20. The second-order valence-corrected chi connectivity index (χ2v) is 5.20. The van der Waals surface area contributed by atoms with Crippen LogP contribution in [0.15, 0.2) is 0 Å². The molecular formula is C13H23N3O3. The number of esters is 1. The van der Waals surface area contributed by atoms with E-state index >= 15 is 0 Å². The van der Waals surface area contributed by atoms with Crippen molar-refractivity contribution < 1.29 is 14.3 Å². The molecule has 0 aromatic heterocycles. The Kier molecular flexibility index (Phi) is 5.15. The predicted molar refractivity (Wildman–Crippen MR) is 70.6 cm³/mol. The molecule has 0 aromatic carbocycles. The molecule has 2 fully saturated rings. The Morgan fingerprint density at radius 2 is 1.79 bits per heavy atom. The molecule has 0 spiro atoms. The van der Waals surface area contributed by atoms with Crippen LogP contribution in [-0.2, 0) is 14.3 Å². The summed E-state index contributed by atoms with van der Waals surface area (Å²) in [6.07, 6.45) is 1.89. The number of methoxy groups -OCH3 is 1. The number of piperazine rings is 1. The van der Waals surface area contributed by atoms with E-state index in [0.717, 1.165) is 52.1 Å². The molecule has 2 aliphatic rings. The van der Waals surface area contributed by atoms with E-state index < -0.39 is 0 Å². The van der Waals surface area contributed by atoms with E-state index in [4.69, 9.17) is 0 Å². The molecule has 2 saturated heterocycles. The second kappa shape index (κ2) is 6.86. The quantitative estimate of drug-likeness (QED) is 0.687. The van der Waals surface area contributed by atoms with Gasteiger partial charge in [0.15, 0.2) is 0 Å². The summed E-state index contributed by atoms with van der Waals surface area (Å²) < 4.78 is 4.65. The summed E-state index contributed by atoms with van der Waals surface area (Å²) in [7, 11) is 1.40. The Morgan fingerprint density at radius 1 is 1.16 bits per heavy atom. The fourth-order valence-corrected chi connectivity index (χ4v) is 2.70. The van der Waals surface area contributed by atoms with Crippen molar-refractivity contribution in [2.24, 2.45) is 5.92 Å². The first-order valence-corrected chi connectivity index (χ1v) is 6.99. The summed E-state index contributed by atoms with van der Waals surface area (Å²) in [5, 5.41) is 3.28. The monoisotopic (exact) mass is 269 g/mol. The highest BCUT2D eigenvalue weighted by atomic mass is 16.5. The molecule has 0 bridgehead atoms. The minimum Gasteiger partial charge on any atom is -0.468 e. The molecule has 0 radical (unpaired) electrons. The summed E-state index contributed by atoms with van der Waals surface area (Å²) >= 11 is 0. The molecule has 0 saturated carbocycles. The molecule has 108 valence electrons. The molecule has 0 aromatic rings. The number of nitrogens with zero attached hydrogens (tertiary/aromatic N) is 2. The van der Waals surface area contributed by atoms with Crippen molar-refractivity contribution in [3.63, 3.8) is 0 Å². The Bertz CT molecular complexity index is 321. The lowest BCUT2D eigenvalue weighted by Gasteiger charge is -2.36. The average molecular weight is 269 g/mol. The molecule has 6 heteroatoms. The average Bonchev–Trinajstić information content (AvgIpc) is 2.48. The van der Waals surface area contributed by atoms with Crippen molar-refractivity contribution >= 4 is 11.9 Å². The van der Waals surface area contributed by atoms with Crippen LogP contribution in [0.25, 0.3) is 0 Å². The van der Waals surface area contributed by atoms with Gasteiger partial charge in [-0.3, -0.25) is 14.5 Å². The van der Waals surface area contributed by atoms with Crippen molar-refractivity contribution in [2.45, 2.75) is 12.8 Å². The molecule has 0 aliphatic carbocycles. The number of ether oxygens (including phenoxy) is 1. The standard InChI is InChI=1S/C13H23N3O3/c1-19-12(17)10-15-6-8-16(9-7-15)13(18)11-2-4-14-5-3-11/h11,14H,2-10H2,1H3. The van der Waals surface area contributed by atoms with Gasteiger partial charge >= 0.3 is 5.97 Å². The first kappa shape index (κ1) is 14.3.